The normalized spacial score (nSPS) is 24.7. The number of nitrogens with one attached hydrogen (secondary N) is 2. The molecule has 2 aliphatic heterocycles. The highest BCUT2D eigenvalue weighted by atomic mass is 16.5. The number of urea groups is 1. The molecular weight excluding hydrogens is 382 g/mol. The van der Waals surface area contributed by atoms with Gasteiger partial charge in [0.1, 0.15) is 17.8 Å². The topological polar surface area (TPSA) is 87.7 Å². The van der Waals surface area contributed by atoms with E-state index in [1.165, 1.54) is 0 Å². The second-order valence-corrected chi connectivity index (χ2v) is 8.03. The van der Waals surface area contributed by atoms with Gasteiger partial charge in [-0.15, -0.1) is 0 Å². The van der Waals surface area contributed by atoms with Crippen LogP contribution in [0.15, 0.2) is 48.5 Å². The van der Waals surface area contributed by atoms with Gasteiger partial charge < -0.3 is 15.4 Å². The lowest BCUT2D eigenvalue weighted by molar-refractivity contribution is -0.136. The number of hydrogen-bond acceptors (Lipinski definition) is 4. The van der Waals surface area contributed by atoms with Crippen molar-refractivity contribution in [1.82, 2.24) is 15.5 Å². The lowest BCUT2D eigenvalue weighted by Gasteiger charge is -2.33. The van der Waals surface area contributed by atoms with E-state index in [0.29, 0.717) is 19.4 Å². The summed E-state index contributed by atoms with van der Waals surface area (Å²) in [7, 11) is 0. The van der Waals surface area contributed by atoms with Crippen LogP contribution < -0.4 is 15.4 Å². The van der Waals surface area contributed by atoms with E-state index >= 15 is 0 Å². The monoisotopic (exact) mass is 405 g/mol. The molecule has 2 atom stereocenters. The number of carbonyl (C=O) groups excluding carboxylic acids is 3. The van der Waals surface area contributed by atoms with Crippen molar-refractivity contribution in [2.75, 3.05) is 13.2 Å². The Balaban J connectivity index is 1.34. The van der Waals surface area contributed by atoms with E-state index in [2.05, 4.69) is 10.6 Å². The van der Waals surface area contributed by atoms with E-state index in [9.17, 15) is 14.4 Å². The fraction of sp³-hybridized carbons (Fsp3) is 0.348. The summed E-state index contributed by atoms with van der Waals surface area (Å²) >= 11 is 0. The molecule has 0 aromatic heterocycles. The van der Waals surface area contributed by atoms with E-state index in [-0.39, 0.29) is 24.4 Å². The van der Waals surface area contributed by atoms with Crippen LogP contribution in [-0.2, 0) is 21.5 Å². The highest BCUT2D eigenvalue weighted by molar-refractivity contribution is 6.09. The van der Waals surface area contributed by atoms with Crippen molar-refractivity contribution in [3.63, 3.8) is 0 Å². The number of nitrogens with zero attached hydrogens (tertiary/aromatic N) is 1. The first-order chi connectivity index (χ1) is 14.6. The Kier molecular flexibility index (Phi) is 4.46. The van der Waals surface area contributed by atoms with Crippen molar-refractivity contribution in [3.8, 4) is 5.75 Å². The summed E-state index contributed by atoms with van der Waals surface area (Å²) in [5, 5.41) is 5.85. The number of aryl methyl sites for hydroxylation is 1. The van der Waals surface area contributed by atoms with Crippen molar-refractivity contribution in [2.24, 2.45) is 0 Å². The fourth-order valence-electron chi connectivity index (χ4n) is 4.83. The number of carbonyl (C=O) groups is 3. The summed E-state index contributed by atoms with van der Waals surface area (Å²) in [5.74, 6) is 0.0466. The van der Waals surface area contributed by atoms with Gasteiger partial charge in [0.25, 0.3) is 5.91 Å². The fourth-order valence-corrected chi connectivity index (χ4v) is 4.83. The summed E-state index contributed by atoms with van der Waals surface area (Å²) < 4.78 is 5.63. The number of amides is 4. The van der Waals surface area contributed by atoms with Gasteiger partial charge in [-0.3, -0.25) is 14.5 Å². The number of rotatable bonds is 3. The Morgan fingerprint density at radius 1 is 1.17 bits per heavy atom. The first-order valence-electron chi connectivity index (χ1n) is 10.3. The zero-order valence-corrected chi connectivity index (χ0v) is 16.5. The maximum Gasteiger partial charge on any atom is 0.325 e. The van der Waals surface area contributed by atoms with E-state index in [0.717, 1.165) is 40.2 Å². The maximum absolute atomic E-state index is 13.3. The van der Waals surface area contributed by atoms with Crippen molar-refractivity contribution < 1.29 is 19.1 Å². The molecule has 2 aromatic carbocycles. The molecule has 5 rings (SSSR count). The number of fused-ring (bicyclic) bond motifs is 3. The molecule has 0 saturated carbocycles. The number of para-hydroxylation sites is 1. The smallest absolute Gasteiger partial charge is 0.325 e. The zero-order valence-electron chi connectivity index (χ0n) is 16.5. The Morgan fingerprint density at radius 2 is 1.97 bits per heavy atom. The van der Waals surface area contributed by atoms with Gasteiger partial charge in [0, 0.05) is 12.0 Å². The van der Waals surface area contributed by atoms with E-state index in [1.54, 1.807) is 0 Å². The van der Waals surface area contributed by atoms with Crippen molar-refractivity contribution in [2.45, 2.75) is 37.3 Å². The predicted octanol–water partition coefficient (Wildman–Crippen LogP) is 2.41. The van der Waals surface area contributed by atoms with Crippen LogP contribution in [0.4, 0.5) is 4.79 Å². The standard InChI is InChI=1S/C23H23N3O4/c27-20(24-18-11-13-30-19-10-4-2-8-16(18)19)14-26-21(28)23(25-22(26)29)12-5-7-15-6-1-3-9-17(15)23/h1-4,6,8-10,18H,5,7,11-14H2,(H,24,27)(H,25,29)/t18-,23-/m0/s1. The number of imide groups is 1. The molecule has 30 heavy (non-hydrogen) atoms. The van der Waals surface area contributed by atoms with Crippen LogP contribution in [0.25, 0.3) is 0 Å². The van der Waals surface area contributed by atoms with Gasteiger partial charge in [-0.05, 0) is 36.5 Å². The van der Waals surface area contributed by atoms with Crippen molar-refractivity contribution >= 4 is 17.8 Å². The highest BCUT2D eigenvalue weighted by Crippen LogP contribution is 2.40. The van der Waals surface area contributed by atoms with Gasteiger partial charge in [0.15, 0.2) is 0 Å². The number of benzene rings is 2. The van der Waals surface area contributed by atoms with Gasteiger partial charge in [-0.1, -0.05) is 42.5 Å². The third kappa shape index (κ3) is 2.93. The van der Waals surface area contributed by atoms with Gasteiger partial charge >= 0.3 is 6.03 Å². The molecule has 3 aliphatic rings. The molecule has 1 saturated heterocycles. The lowest BCUT2D eigenvalue weighted by atomic mass is 9.76. The summed E-state index contributed by atoms with van der Waals surface area (Å²) in [5.41, 5.74) is 1.77. The van der Waals surface area contributed by atoms with Crippen LogP contribution in [0.3, 0.4) is 0 Å². The summed E-state index contributed by atoms with van der Waals surface area (Å²) in [4.78, 5) is 39.8. The van der Waals surface area contributed by atoms with E-state index in [1.807, 2.05) is 48.5 Å². The minimum absolute atomic E-state index is 0.201. The van der Waals surface area contributed by atoms with Crippen LogP contribution in [0, 0.1) is 0 Å². The second-order valence-electron chi connectivity index (χ2n) is 8.03. The minimum atomic E-state index is -1.06. The average molecular weight is 405 g/mol. The van der Waals surface area contributed by atoms with Crippen molar-refractivity contribution in [1.29, 1.82) is 0 Å². The molecule has 1 fully saturated rings. The lowest BCUT2D eigenvalue weighted by Crippen LogP contribution is -2.47. The average Bonchev–Trinajstić information content (AvgIpc) is 2.99. The quantitative estimate of drug-likeness (QED) is 0.768. The molecule has 0 unspecified atom stereocenters. The third-order valence-corrected chi connectivity index (χ3v) is 6.25. The van der Waals surface area contributed by atoms with E-state index in [4.69, 9.17) is 4.74 Å². The van der Waals surface area contributed by atoms with Gasteiger partial charge in [0.2, 0.25) is 5.91 Å². The number of hydrogen-bond donors (Lipinski definition) is 2. The maximum atomic E-state index is 13.3. The molecular formula is C23H23N3O4. The Labute approximate surface area is 174 Å². The third-order valence-electron chi connectivity index (χ3n) is 6.25. The molecule has 7 nitrogen and oxygen atoms in total. The molecule has 0 radical (unpaired) electrons. The Bertz CT molecular complexity index is 1040. The minimum Gasteiger partial charge on any atom is -0.493 e. The molecule has 154 valence electrons. The van der Waals surface area contributed by atoms with Crippen molar-refractivity contribution in [3.05, 3.63) is 65.2 Å². The molecule has 2 N–H and O–H groups in total. The number of ether oxygens (including phenoxy) is 1. The summed E-state index contributed by atoms with van der Waals surface area (Å²) in [6.45, 7) is 0.207. The van der Waals surface area contributed by atoms with Crippen LogP contribution in [0.1, 0.15) is 42.0 Å². The second kappa shape index (κ2) is 7.16. The first-order valence-corrected chi connectivity index (χ1v) is 10.3. The summed E-state index contributed by atoms with van der Waals surface area (Å²) in [6.07, 6.45) is 2.87. The molecule has 2 aromatic rings. The molecule has 7 heteroatoms. The SMILES string of the molecule is O=C(CN1C(=O)N[C@]2(CCCc3ccccc32)C1=O)N[C@H]1CCOc2ccccc21. The van der Waals surface area contributed by atoms with Gasteiger partial charge in [-0.25, -0.2) is 4.79 Å². The highest BCUT2D eigenvalue weighted by Gasteiger charge is 2.54. The van der Waals surface area contributed by atoms with Crippen LogP contribution >= 0.6 is 0 Å². The van der Waals surface area contributed by atoms with Gasteiger partial charge in [0.05, 0.1) is 12.6 Å². The molecule has 1 spiro atoms. The van der Waals surface area contributed by atoms with Gasteiger partial charge in [-0.2, -0.15) is 0 Å². The Morgan fingerprint density at radius 3 is 2.87 bits per heavy atom. The Hall–Kier alpha value is -3.35. The predicted molar refractivity (Wildman–Crippen MR) is 109 cm³/mol. The van der Waals surface area contributed by atoms with Crippen LogP contribution in [0.2, 0.25) is 0 Å². The van der Waals surface area contributed by atoms with Crippen LogP contribution in [0.5, 0.6) is 5.75 Å². The zero-order chi connectivity index (χ0) is 20.7. The van der Waals surface area contributed by atoms with Crippen LogP contribution in [-0.4, -0.2) is 35.9 Å². The largest absolute Gasteiger partial charge is 0.493 e. The molecule has 1 aliphatic carbocycles. The van der Waals surface area contributed by atoms with E-state index < -0.39 is 11.6 Å². The molecule has 2 heterocycles. The molecule has 0 bridgehead atoms. The summed E-state index contributed by atoms with van der Waals surface area (Å²) in [6, 6.07) is 14.6. The first kappa shape index (κ1) is 18.7. The molecule has 4 amide bonds.